The van der Waals surface area contributed by atoms with Crippen LogP contribution < -0.4 is 10.0 Å². The lowest BCUT2D eigenvalue weighted by Gasteiger charge is -2.14. The van der Waals surface area contributed by atoms with E-state index in [1.54, 1.807) is 25.1 Å². The molecule has 2 aromatic carbocycles. The minimum absolute atomic E-state index is 0.122. The molecule has 0 aromatic heterocycles. The van der Waals surface area contributed by atoms with Crippen LogP contribution in [0.1, 0.15) is 52.7 Å². The molecule has 30 heavy (non-hydrogen) atoms. The number of hydrogen-bond donors (Lipinski definition) is 2. The van der Waals surface area contributed by atoms with Gasteiger partial charge in [-0.25, -0.2) is 8.42 Å². The molecule has 2 aromatic rings. The summed E-state index contributed by atoms with van der Waals surface area (Å²) >= 11 is 1.91. The summed E-state index contributed by atoms with van der Waals surface area (Å²) < 4.78 is 28.7. The second-order valence-electron chi connectivity index (χ2n) is 7.94. The Morgan fingerprint density at radius 2 is 1.73 bits per heavy atom. The standard InChI is InChI=1S/C23H30N2O3S2/c1-16-8-9-17(2)21(14-16)25-30(27,28)22-15-19(11-10-18(22)3)23(26)24-12-13-29-20-6-4-5-7-20/h8-11,14-15,20,25H,4-7,12-13H2,1-3H3,(H,24,26). The van der Waals surface area contributed by atoms with Gasteiger partial charge in [0.25, 0.3) is 15.9 Å². The summed E-state index contributed by atoms with van der Waals surface area (Å²) in [6.45, 7) is 6.09. The van der Waals surface area contributed by atoms with Crippen LogP contribution in [0.4, 0.5) is 5.69 Å². The smallest absolute Gasteiger partial charge is 0.262 e. The molecule has 1 aliphatic carbocycles. The molecule has 0 aliphatic heterocycles. The van der Waals surface area contributed by atoms with E-state index < -0.39 is 10.0 Å². The van der Waals surface area contributed by atoms with Crippen molar-refractivity contribution >= 4 is 33.4 Å². The van der Waals surface area contributed by atoms with Gasteiger partial charge in [0.15, 0.2) is 0 Å². The molecular formula is C23H30N2O3S2. The van der Waals surface area contributed by atoms with E-state index in [-0.39, 0.29) is 10.8 Å². The predicted octanol–water partition coefficient (Wildman–Crippen LogP) is 4.82. The van der Waals surface area contributed by atoms with Gasteiger partial charge in [-0.1, -0.05) is 31.0 Å². The van der Waals surface area contributed by atoms with Crippen LogP contribution >= 0.6 is 11.8 Å². The predicted molar refractivity (Wildman–Crippen MR) is 125 cm³/mol. The molecule has 162 valence electrons. The van der Waals surface area contributed by atoms with Crippen molar-refractivity contribution in [1.82, 2.24) is 5.32 Å². The van der Waals surface area contributed by atoms with E-state index in [4.69, 9.17) is 0 Å². The Hall–Kier alpha value is -1.99. The van der Waals surface area contributed by atoms with E-state index >= 15 is 0 Å². The van der Waals surface area contributed by atoms with E-state index in [1.807, 2.05) is 37.7 Å². The molecule has 0 unspecified atom stereocenters. The van der Waals surface area contributed by atoms with Gasteiger partial charge in [-0.15, -0.1) is 0 Å². The van der Waals surface area contributed by atoms with Crippen molar-refractivity contribution < 1.29 is 13.2 Å². The fraction of sp³-hybridized carbons (Fsp3) is 0.435. The topological polar surface area (TPSA) is 75.3 Å². The first kappa shape index (κ1) is 22.7. The number of carbonyl (C=O) groups is 1. The van der Waals surface area contributed by atoms with Crippen LogP contribution in [0, 0.1) is 20.8 Å². The molecule has 0 atom stereocenters. The summed E-state index contributed by atoms with van der Waals surface area (Å²) in [6.07, 6.45) is 5.15. The quantitative estimate of drug-likeness (QED) is 0.570. The van der Waals surface area contributed by atoms with Crippen molar-refractivity contribution in [3.05, 3.63) is 58.7 Å². The van der Waals surface area contributed by atoms with Crippen LogP contribution in [0.2, 0.25) is 0 Å². The van der Waals surface area contributed by atoms with Gasteiger partial charge in [-0.05, 0) is 68.5 Å². The molecule has 1 amide bonds. The highest BCUT2D eigenvalue weighted by atomic mass is 32.2. The maximum absolute atomic E-state index is 13.0. The van der Waals surface area contributed by atoms with Crippen LogP contribution in [0.5, 0.6) is 0 Å². The normalized spacial score (nSPS) is 14.6. The molecule has 7 heteroatoms. The first-order valence-corrected chi connectivity index (χ1v) is 12.9. The van der Waals surface area contributed by atoms with Crippen molar-refractivity contribution in [1.29, 1.82) is 0 Å². The third-order valence-electron chi connectivity index (χ3n) is 5.42. The number of aryl methyl sites for hydroxylation is 3. The molecule has 0 bridgehead atoms. The highest BCUT2D eigenvalue weighted by molar-refractivity contribution is 7.99. The third-order valence-corrected chi connectivity index (χ3v) is 8.31. The highest BCUT2D eigenvalue weighted by Crippen LogP contribution is 2.29. The second-order valence-corrected chi connectivity index (χ2v) is 11.0. The number of hydrogen-bond acceptors (Lipinski definition) is 4. The van der Waals surface area contributed by atoms with Gasteiger partial charge in [0.2, 0.25) is 0 Å². The summed E-state index contributed by atoms with van der Waals surface area (Å²) in [7, 11) is -3.81. The van der Waals surface area contributed by atoms with Gasteiger partial charge in [0.1, 0.15) is 0 Å². The van der Waals surface area contributed by atoms with E-state index in [9.17, 15) is 13.2 Å². The first-order chi connectivity index (χ1) is 14.3. The van der Waals surface area contributed by atoms with E-state index in [1.165, 1.54) is 31.7 Å². The highest BCUT2D eigenvalue weighted by Gasteiger charge is 2.20. The third kappa shape index (κ3) is 5.79. The molecule has 0 radical (unpaired) electrons. The maximum Gasteiger partial charge on any atom is 0.262 e. The Morgan fingerprint density at radius 1 is 1.03 bits per heavy atom. The van der Waals surface area contributed by atoms with Crippen LogP contribution in [-0.4, -0.2) is 31.9 Å². The summed E-state index contributed by atoms with van der Waals surface area (Å²) in [6, 6.07) is 10.4. The molecule has 2 N–H and O–H groups in total. The fourth-order valence-corrected chi connectivity index (χ4v) is 6.24. The second kappa shape index (κ2) is 9.88. The molecule has 0 heterocycles. The largest absolute Gasteiger partial charge is 0.351 e. The van der Waals surface area contributed by atoms with Gasteiger partial charge in [0, 0.05) is 23.1 Å². The van der Waals surface area contributed by atoms with Crippen LogP contribution in [0.25, 0.3) is 0 Å². The van der Waals surface area contributed by atoms with Crippen LogP contribution in [0.15, 0.2) is 41.3 Å². The lowest BCUT2D eigenvalue weighted by atomic mass is 10.1. The van der Waals surface area contributed by atoms with Gasteiger partial charge < -0.3 is 5.32 Å². The molecular weight excluding hydrogens is 416 g/mol. The Labute approximate surface area is 184 Å². The van der Waals surface area contributed by atoms with Crippen molar-refractivity contribution in [3.63, 3.8) is 0 Å². The molecule has 1 fully saturated rings. The summed E-state index contributed by atoms with van der Waals surface area (Å²) in [4.78, 5) is 12.7. The van der Waals surface area contributed by atoms with Crippen molar-refractivity contribution in [2.75, 3.05) is 17.0 Å². The van der Waals surface area contributed by atoms with Crippen LogP contribution in [-0.2, 0) is 10.0 Å². The number of rotatable bonds is 8. The van der Waals surface area contributed by atoms with Gasteiger partial charge in [-0.2, -0.15) is 11.8 Å². The zero-order valence-corrected chi connectivity index (χ0v) is 19.5. The average Bonchev–Trinajstić information content (AvgIpc) is 3.21. The lowest BCUT2D eigenvalue weighted by Crippen LogP contribution is -2.26. The van der Waals surface area contributed by atoms with Crippen molar-refractivity contribution in [2.24, 2.45) is 0 Å². The van der Waals surface area contributed by atoms with Crippen molar-refractivity contribution in [3.8, 4) is 0 Å². The van der Waals surface area contributed by atoms with Gasteiger partial charge >= 0.3 is 0 Å². The molecule has 5 nitrogen and oxygen atoms in total. The number of nitrogens with one attached hydrogen (secondary N) is 2. The number of carbonyl (C=O) groups excluding carboxylic acids is 1. The fourth-order valence-electron chi connectivity index (χ4n) is 3.62. The summed E-state index contributed by atoms with van der Waals surface area (Å²) in [5.74, 6) is 0.631. The zero-order valence-electron chi connectivity index (χ0n) is 17.8. The monoisotopic (exact) mass is 446 g/mol. The Morgan fingerprint density at radius 3 is 2.47 bits per heavy atom. The van der Waals surface area contributed by atoms with Gasteiger partial charge in [0.05, 0.1) is 10.6 Å². The Bertz CT molecular complexity index is 1010. The SMILES string of the molecule is Cc1ccc(C)c(NS(=O)(=O)c2cc(C(=O)NCCSC3CCCC3)ccc2C)c1. The minimum atomic E-state index is -3.81. The first-order valence-electron chi connectivity index (χ1n) is 10.4. The number of thioether (sulfide) groups is 1. The molecule has 1 aliphatic rings. The van der Waals surface area contributed by atoms with Crippen LogP contribution in [0.3, 0.4) is 0 Å². The summed E-state index contributed by atoms with van der Waals surface area (Å²) in [5, 5.41) is 3.63. The number of benzene rings is 2. The lowest BCUT2D eigenvalue weighted by molar-refractivity contribution is 0.0956. The van der Waals surface area contributed by atoms with Crippen molar-refractivity contribution in [2.45, 2.75) is 56.6 Å². The number of sulfonamides is 1. The number of anilines is 1. The average molecular weight is 447 g/mol. The van der Waals surface area contributed by atoms with E-state index in [0.29, 0.717) is 28.6 Å². The van der Waals surface area contributed by atoms with Gasteiger partial charge in [-0.3, -0.25) is 9.52 Å². The maximum atomic E-state index is 13.0. The molecule has 3 rings (SSSR count). The molecule has 1 saturated carbocycles. The summed E-state index contributed by atoms with van der Waals surface area (Å²) in [5.41, 5.74) is 3.32. The zero-order chi connectivity index (χ0) is 21.7. The van der Waals surface area contributed by atoms with E-state index in [0.717, 1.165) is 16.9 Å². The minimum Gasteiger partial charge on any atom is -0.351 e. The molecule has 0 spiro atoms. The Kier molecular flexibility index (Phi) is 7.47. The van der Waals surface area contributed by atoms with E-state index in [2.05, 4.69) is 10.0 Å². The Balaban J connectivity index is 1.68. The number of amides is 1. The molecule has 0 saturated heterocycles.